The number of rotatable bonds is 10. The van der Waals surface area contributed by atoms with Gasteiger partial charge in [0.2, 0.25) is 0 Å². The lowest BCUT2D eigenvalue weighted by molar-refractivity contribution is 1.00. The Morgan fingerprint density at radius 1 is 0.154 bits per heavy atom. The van der Waals surface area contributed by atoms with Crippen LogP contribution in [0.2, 0.25) is 0 Å². The van der Waals surface area contributed by atoms with Crippen molar-refractivity contribution in [1.82, 2.24) is 32.0 Å². The second-order valence-corrected chi connectivity index (χ2v) is 30.9. The average molecular weight is 1490 g/mol. The van der Waals surface area contributed by atoms with Crippen LogP contribution in [-0.4, -0.2) is 32.0 Å². The number of benzene rings is 18. The molecule has 117 heavy (non-hydrogen) atoms. The fraction of sp³-hybridized carbons (Fsp3) is 0. The lowest BCUT2D eigenvalue weighted by Gasteiger charge is -2.32. The van der Waals surface area contributed by atoms with Gasteiger partial charge in [0.05, 0.1) is 117 Å². The standard InChI is InChI=1S/C109H66N8/c110-67-68-51-53-69(54-52-68)104-105(113-92-43-19-7-31-76(92)77-32-8-20-44-93(77)113)107(116-98-49-25-15-39-84(98)88-65-72(57-61-102(88)116)70-55-59-100-86(63-70)82-37-13-17-41-90(82)111(100)74-27-3-1-4-28-74)109(115-96-47-23-11-35-80(96)81-36-12-24-48-97(81)115)108(106(104)114-94-45-21-9-33-78(94)79-34-10-22-46-95(79)114)117-99-50-26-16-40-85(99)89-66-73(58-62-103(89)117)71-56-60-101-87(64-71)83-38-14-18-42-91(83)112(101)75-29-5-2-6-30-75/h1-66H. The summed E-state index contributed by atoms with van der Waals surface area (Å²) in [4.78, 5) is 0. The highest BCUT2D eigenvalue weighted by atomic mass is 15.2. The number of hydrogen-bond donors (Lipinski definition) is 0. The van der Waals surface area contributed by atoms with E-state index in [1.54, 1.807) is 0 Å². The van der Waals surface area contributed by atoms with Gasteiger partial charge in [0.25, 0.3) is 0 Å². The molecular formula is C109H66N8. The van der Waals surface area contributed by atoms with E-state index in [-0.39, 0.29) is 0 Å². The van der Waals surface area contributed by atoms with Crippen LogP contribution in [0.3, 0.4) is 0 Å². The molecular weight excluding hydrogens is 1420 g/mol. The van der Waals surface area contributed by atoms with Crippen LogP contribution in [0, 0.1) is 11.3 Å². The summed E-state index contributed by atoms with van der Waals surface area (Å²) in [7, 11) is 0. The minimum absolute atomic E-state index is 0.566. The zero-order valence-electron chi connectivity index (χ0n) is 63.2. The van der Waals surface area contributed by atoms with E-state index < -0.39 is 0 Å². The van der Waals surface area contributed by atoms with Crippen LogP contribution < -0.4 is 0 Å². The SMILES string of the molecule is N#Cc1ccc(-c2c(-n3c4ccccc4c4ccccc43)c(-n3c4ccccc4c4cc(-c5ccc6c(c5)c5ccccc5n6-c5ccccc5)ccc43)c(-n3c4ccccc4c4ccccc43)c(-n3c4ccccc4c4cc(-c5ccc6c(c5)c5ccccc5n6-c5ccccc5)ccc43)c2-n2c3ccccc3c3ccccc32)cc1. The van der Waals surface area contributed by atoms with Gasteiger partial charge >= 0.3 is 0 Å². The number of fused-ring (bicyclic) bond motifs is 21. The molecule has 8 heteroatoms. The van der Waals surface area contributed by atoms with Crippen molar-refractivity contribution in [1.29, 1.82) is 5.26 Å². The molecule has 0 radical (unpaired) electrons. The van der Waals surface area contributed by atoms with E-state index in [1.165, 1.54) is 32.6 Å². The van der Waals surface area contributed by atoms with Gasteiger partial charge in [-0.15, -0.1) is 0 Å². The highest BCUT2D eigenvalue weighted by Gasteiger charge is 2.37. The normalized spacial score (nSPS) is 12.1. The average Bonchev–Trinajstić information content (AvgIpc) is 1.55. The van der Waals surface area contributed by atoms with Crippen LogP contribution in [0.25, 0.3) is 226 Å². The fourth-order valence-corrected chi connectivity index (χ4v) is 20.0. The zero-order chi connectivity index (χ0) is 76.7. The molecule has 0 aliphatic heterocycles. The van der Waals surface area contributed by atoms with Gasteiger partial charge in [0, 0.05) is 92.3 Å². The van der Waals surface area contributed by atoms with Crippen LogP contribution in [0.4, 0.5) is 0 Å². The molecule has 0 spiro atoms. The maximum absolute atomic E-state index is 11.0. The lowest BCUT2D eigenvalue weighted by Crippen LogP contribution is -2.18. The molecule has 0 saturated carbocycles. The largest absolute Gasteiger partial charge is 0.309 e. The summed E-state index contributed by atoms with van der Waals surface area (Å²) in [5.41, 5.74) is 29.0. The highest BCUT2D eigenvalue weighted by molar-refractivity contribution is 6.21. The first kappa shape index (κ1) is 64.7. The molecule has 18 aromatic carbocycles. The summed E-state index contributed by atoms with van der Waals surface area (Å²) < 4.78 is 17.9. The van der Waals surface area contributed by atoms with Crippen molar-refractivity contribution in [3.8, 4) is 79.3 Å². The van der Waals surface area contributed by atoms with Crippen molar-refractivity contribution in [2.45, 2.75) is 0 Å². The summed E-state index contributed by atoms with van der Waals surface area (Å²) in [6.07, 6.45) is 0. The molecule has 8 nitrogen and oxygen atoms in total. The second kappa shape index (κ2) is 25.0. The monoisotopic (exact) mass is 1490 g/mol. The molecule has 0 atom stereocenters. The molecule has 0 saturated heterocycles. The van der Waals surface area contributed by atoms with Crippen LogP contribution in [0.1, 0.15) is 5.56 Å². The van der Waals surface area contributed by atoms with Crippen molar-refractivity contribution in [2.75, 3.05) is 0 Å². The third-order valence-corrected chi connectivity index (χ3v) is 24.9. The predicted octanol–water partition coefficient (Wildman–Crippen LogP) is 28.2. The number of para-hydroxylation sites is 12. The molecule has 0 aliphatic rings. The Labute approximate surface area is 670 Å². The van der Waals surface area contributed by atoms with E-state index in [4.69, 9.17) is 0 Å². The molecule has 0 N–H and O–H groups in total. The van der Waals surface area contributed by atoms with Gasteiger partial charge in [-0.25, -0.2) is 0 Å². The molecule has 0 amide bonds. The van der Waals surface area contributed by atoms with Crippen molar-refractivity contribution in [3.05, 3.63) is 406 Å². The Balaban J connectivity index is 0.895. The maximum atomic E-state index is 11.0. The minimum atomic E-state index is 0.566. The third kappa shape index (κ3) is 9.27. The topological polar surface area (TPSA) is 58.3 Å². The van der Waals surface area contributed by atoms with E-state index in [0.29, 0.717) is 5.56 Å². The van der Waals surface area contributed by atoms with Crippen molar-refractivity contribution in [2.24, 2.45) is 0 Å². The van der Waals surface area contributed by atoms with Gasteiger partial charge in [0.1, 0.15) is 0 Å². The predicted molar refractivity (Wildman–Crippen MR) is 488 cm³/mol. The second-order valence-electron chi connectivity index (χ2n) is 30.9. The first-order valence-corrected chi connectivity index (χ1v) is 40.0. The molecule has 25 aromatic rings. The van der Waals surface area contributed by atoms with Gasteiger partial charge in [0.15, 0.2) is 0 Å². The van der Waals surface area contributed by atoms with Crippen molar-refractivity contribution >= 4 is 153 Å². The van der Waals surface area contributed by atoms with Crippen molar-refractivity contribution in [3.63, 3.8) is 0 Å². The summed E-state index contributed by atoms with van der Waals surface area (Å²) in [5.74, 6) is 0. The van der Waals surface area contributed by atoms with Crippen LogP contribution in [0.5, 0.6) is 0 Å². The summed E-state index contributed by atoms with van der Waals surface area (Å²) in [6.45, 7) is 0. The smallest absolute Gasteiger partial charge is 0.0991 e. The first-order valence-electron chi connectivity index (χ1n) is 40.0. The van der Waals surface area contributed by atoms with Gasteiger partial charge in [-0.05, 0) is 173 Å². The fourth-order valence-electron chi connectivity index (χ4n) is 20.0. The van der Waals surface area contributed by atoms with Gasteiger partial charge < -0.3 is 32.0 Å². The molecule has 0 unspecified atom stereocenters. The Hall–Kier alpha value is -16.0. The van der Waals surface area contributed by atoms with Crippen LogP contribution in [-0.2, 0) is 0 Å². The summed E-state index contributed by atoms with van der Waals surface area (Å²) in [5, 5.41) is 27.0. The van der Waals surface area contributed by atoms with Crippen LogP contribution >= 0.6 is 0 Å². The molecule has 0 fully saturated rings. The first-order chi connectivity index (χ1) is 58.1. The molecule has 7 heterocycles. The van der Waals surface area contributed by atoms with Gasteiger partial charge in [-0.3, -0.25) is 0 Å². The van der Waals surface area contributed by atoms with E-state index in [9.17, 15) is 5.26 Å². The quantitative estimate of drug-likeness (QED) is 0.135. The third-order valence-electron chi connectivity index (χ3n) is 24.9. The molecule has 542 valence electrons. The zero-order valence-corrected chi connectivity index (χ0v) is 63.2. The van der Waals surface area contributed by atoms with Crippen molar-refractivity contribution < 1.29 is 0 Å². The molecule has 25 rings (SSSR count). The van der Waals surface area contributed by atoms with Gasteiger partial charge in [-0.2, -0.15) is 5.26 Å². The number of hydrogen-bond acceptors (Lipinski definition) is 1. The lowest BCUT2D eigenvalue weighted by atomic mass is 9.94. The highest BCUT2D eigenvalue weighted by Crippen LogP contribution is 2.55. The van der Waals surface area contributed by atoms with E-state index in [0.717, 1.165) is 193 Å². The van der Waals surface area contributed by atoms with E-state index in [2.05, 4.69) is 426 Å². The van der Waals surface area contributed by atoms with Crippen LogP contribution in [0.15, 0.2) is 400 Å². The maximum Gasteiger partial charge on any atom is 0.0991 e. The number of aromatic nitrogens is 7. The van der Waals surface area contributed by atoms with E-state index >= 15 is 0 Å². The minimum Gasteiger partial charge on any atom is -0.309 e. The molecule has 0 bridgehead atoms. The Morgan fingerprint density at radius 2 is 0.342 bits per heavy atom. The van der Waals surface area contributed by atoms with E-state index in [1.807, 2.05) is 12.1 Å². The summed E-state index contributed by atoms with van der Waals surface area (Å²) in [6, 6.07) is 151. The Morgan fingerprint density at radius 3 is 0.598 bits per heavy atom. The molecule has 7 aromatic heterocycles. The molecule has 0 aliphatic carbocycles. The Bertz CT molecular complexity index is 8000. The Kier molecular flexibility index (Phi) is 13.8. The summed E-state index contributed by atoms with van der Waals surface area (Å²) >= 11 is 0. The number of nitrogens with zero attached hydrogens (tertiary/aromatic N) is 8. The van der Waals surface area contributed by atoms with Gasteiger partial charge in [-0.1, -0.05) is 255 Å². The number of nitriles is 1.